The Morgan fingerprint density at radius 2 is 2.16 bits per heavy atom. The van der Waals surface area contributed by atoms with Crippen LogP contribution in [0.2, 0.25) is 0 Å². The molecule has 0 radical (unpaired) electrons. The number of hydrogen-bond donors (Lipinski definition) is 1. The smallest absolute Gasteiger partial charge is 0.231 e. The summed E-state index contributed by atoms with van der Waals surface area (Å²) in [5.74, 6) is 2.43. The van der Waals surface area contributed by atoms with Crippen LogP contribution in [-0.4, -0.2) is 37.9 Å². The molecule has 1 N–H and O–H groups in total. The van der Waals surface area contributed by atoms with Crippen LogP contribution in [0.5, 0.6) is 11.5 Å². The molecular weight excluding hydrogens is 240 g/mol. The molecule has 19 heavy (non-hydrogen) atoms. The minimum Gasteiger partial charge on any atom is -0.454 e. The minimum atomic E-state index is 0.345. The normalized spacial score (nSPS) is 26.6. The first-order chi connectivity index (χ1) is 9.22. The SMILES string of the molecule is CC1CN(C)CCC1NCc1ccc2c(c1)OCO2. The highest BCUT2D eigenvalue weighted by Gasteiger charge is 2.23. The lowest BCUT2D eigenvalue weighted by Crippen LogP contribution is -2.46. The second-order valence-corrected chi connectivity index (χ2v) is 5.70. The van der Waals surface area contributed by atoms with Gasteiger partial charge in [-0.1, -0.05) is 13.0 Å². The van der Waals surface area contributed by atoms with E-state index in [0.29, 0.717) is 18.8 Å². The minimum absolute atomic E-state index is 0.345. The van der Waals surface area contributed by atoms with E-state index in [-0.39, 0.29) is 0 Å². The maximum absolute atomic E-state index is 5.41. The average molecular weight is 262 g/mol. The highest BCUT2D eigenvalue weighted by Crippen LogP contribution is 2.32. The monoisotopic (exact) mass is 262 g/mol. The Morgan fingerprint density at radius 1 is 1.32 bits per heavy atom. The average Bonchev–Trinajstić information content (AvgIpc) is 2.85. The largest absolute Gasteiger partial charge is 0.454 e. The van der Waals surface area contributed by atoms with Crippen LogP contribution in [0, 0.1) is 5.92 Å². The van der Waals surface area contributed by atoms with Crippen LogP contribution in [-0.2, 0) is 6.54 Å². The standard InChI is InChI=1S/C15H22N2O2/c1-11-9-17(2)6-5-13(11)16-8-12-3-4-14-15(7-12)19-10-18-14/h3-4,7,11,13,16H,5-6,8-10H2,1-2H3. The van der Waals surface area contributed by atoms with Crippen LogP contribution in [0.3, 0.4) is 0 Å². The molecule has 0 saturated carbocycles. The molecule has 0 amide bonds. The van der Waals surface area contributed by atoms with Crippen molar-refractivity contribution in [3.05, 3.63) is 23.8 Å². The van der Waals surface area contributed by atoms with Gasteiger partial charge in [0, 0.05) is 19.1 Å². The van der Waals surface area contributed by atoms with Gasteiger partial charge in [0.1, 0.15) is 0 Å². The first kappa shape index (κ1) is 12.8. The Balaban J connectivity index is 1.57. The first-order valence-corrected chi connectivity index (χ1v) is 7.03. The Labute approximate surface area is 114 Å². The van der Waals surface area contributed by atoms with Crippen LogP contribution >= 0.6 is 0 Å². The van der Waals surface area contributed by atoms with E-state index in [1.54, 1.807) is 0 Å². The molecular formula is C15H22N2O2. The van der Waals surface area contributed by atoms with Crippen molar-refractivity contribution in [2.75, 3.05) is 26.9 Å². The number of benzene rings is 1. The third-order valence-corrected chi connectivity index (χ3v) is 4.11. The summed E-state index contributed by atoms with van der Waals surface area (Å²) in [5, 5.41) is 3.68. The number of ether oxygens (including phenoxy) is 2. The first-order valence-electron chi connectivity index (χ1n) is 7.03. The van der Waals surface area contributed by atoms with Crippen LogP contribution in [0.1, 0.15) is 18.9 Å². The summed E-state index contributed by atoms with van der Waals surface area (Å²) >= 11 is 0. The zero-order valence-corrected chi connectivity index (χ0v) is 11.7. The summed E-state index contributed by atoms with van der Waals surface area (Å²) in [4.78, 5) is 2.41. The van der Waals surface area contributed by atoms with Gasteiger partial charge in [0.2, 0.25) is 6.79 Å². The van der Waals surface area contributed by atoms with Gasteiger partial charge in [-0.2, -0.15) is 0 Å². The molecule has 104 valence electrons. The highest BCUT2D eigenvalue weighted by molar-refractivity contribution is 5.44. The third kappa shape index (κ3) is 2.85. The van der Waals surface area contributed by atoms with Gasteiger partial charge in [0.05, 0.1) is 0 Å². The number of nitrogens with one attached hydrogen (secondary N) is 1. The van der Waals surface area contributed by atoms with E-state index in [0.717, 1.165) is 18.0 Å². The summed E-state index contributed by atoms with van der Waals surface area (Å²) in [6.45, 7) is 5.93. The fourth-order valence-electron chi connectivity index (χ4n) is 2.96. The summed E-state index contributed by atoms with van der Waals surface area (Å²) in [5.41, 5.74) is 1.26. The van der Waals surface area contributed by atoms with Gasteiger partial charge in [0.25, 0.3) is 0 Å². The number of rotatable bonds is 3. The number of fused-ring (bicyclic) bond motifs is 1. The van der Waals surface area contributed by atoms with E-state index in [1.165, 1.54) is 25.1 Å². The molecule has 3 rings (SSSR count). The van der Waals surface area contributed by atoms with Gasteiger partial charge in [-0.3, -0.25) is 0 Å². The lowest BCUT2D eigenvalue weighted by atomic mass is 9.94. The molecule has 0 bridgehead atoms. The zero-order valence-electron chi connectivity index (χ0n) is 11.7. The molecule has 1 aromatic rings. The number of likely N-dealkylation sites (tertiary alicyclic amines) is 1. The molecule has 2 unspecified atom stereocenters. The molecule has 0 spiro atoms. The van der Waals surface area contributed by atoms with E-state index in [2.05, 4.69) is 36.3 Å². The van der Waals surface area contributed by atoms with Crippen molar-refractivity contribution < 1.29 is 9.47 Å². The molecule has 1 aromatic carbocycles. The summed E-state index contributed by atoms with van der Waals surface area (Å²) in [6, 6.07) is 6.80. The molecule has 1 fully saturated rings. The zero-order chi connectivity index (χ0) is 13.2. The number of piperidine rings is 1. The topological polar surface area (TPSA) is 33.7 Å². The molecule has 0 aliphatic carbocycles. The van der Waals surface area contributed by atoms with Crippen LogP contribution in [0.15, 0.2) is 18.2 Å². The Kier molecular flexibility index (Phi) is 3.62. The van der Waals surface area contributed by atoms with Gasteiger partial charge in [-0.25, -0.2) is 0 Å². The lowest BCUT2D eigenvalue weighted by Gasteiger charge is -2.35. The van der Waals surface area contributed by atoms with Crippen molar-refractivity contribution in [3.8, 4) is 11.5 Å². The Bertz CT molecular complexity index is 450. The number of nitrogens with zero attached hydrogens (tertiary/aromatic N) is 1. The van der Waals surface area contributed by atoms with E-state index < -0.39 is 0 Å². The molecule has 4 heteroatoms. The molecule has 2 heterocycles. The fraction of sp³-hybridized carbons (Fsp3) is 0.600. The van der Waals surface area contributed by atoms with E-state index in [4.69, 9.17) is 9.47 Å². The van der Waals surface area contributed by atoms with Crippen LogP contribution in [0.25, 0.3) is 0 Å². The van der Waals surface area contributed by atoms with E-state index in [1.807, 2.05) is 6.07 Å². The van der Waals surface area contributed by atoms with Crippen molar-refractivity contribution in [1.82, 2.24) is 10.2 Å². The van der Waals surface area contributed by atoms with Gasteiger partial charge in [-0.15, -0.1) is 0 Å². The highest BCUT2D eigenvalue weighted by atomic mass is 16.7. The maximum atomic E-state index is 5.41. The molecule has 2 atom stereocenters. The predicted octanol–water partition coefficient (Wildman–Crippen LogP) is 1.85. The summed E-state index contributed by atoms with van der Waals surface area (Å²) in [6.07, 6.45) is 1.22. The van der Waals surface area contributed by atoms with Gasteiger partial charge >= 0.3 is 0 Å². The molecule has 2 aliphatic heterocycles. The fourth-order valence-corrected chi connectivity index (χ4v) is 2.96. The lowest BCUT2D eigenvalue weighted by molar-refractivity contribution is 0.173. The predicted molar refractivity (Wildman–Crippen MR) is 74.5 cm³/mol. The molecule has 1 saturated heterocycles. The van der Waals surface area contributed by atoms with E-state index >= 15 is 0 Å². The van der Waals surface area contributed by atoms with Crippen LogP contribution in [0.4, 0.5) is 0 Å². The van der Waals surface area contributed by atoms with E-state index in [9.17, 15) is 0 Å². The Hall–Kier alpha value is -1.26. The quantitative estimate of drug-likeness (QED) is 0.901. The van der Waals surface area contributed by atoms with Gasteiger partial charge < -0.3 is 19.7 Å². The maximum Gasteiger partial charge on any atom is 0.231 e. The number of hydrogen-bond acceptors (Lipinski definition) is 4. The molecule has 4 nitrogen and oxygen atoms in total. The Morgan fingerprint density at radius 3 is 3.00 bits per heavy atom. The summed E-state index contributed by atoms with van der Waals surface area (Å²) in [7, 11) is 2.20. The van der Waals surface area contributed by atoms with Crippen LogP contribution < -0.4 is 14.8 Å². The van der Waals surface area contributed by atoms with Gasteiger partial charge in [-0.05, 0) is 43.6 Å². The van der Waals surface area contributed by atoms with Crippen molar-refractivity contribution in [1.29, 1.82) is 0 Å². The van der Waals surface area contributed by atoms with Gasteiger partial charge in [0.15, 0.2) is 11.5 Å². The second kappa shape index (κ2) is 5.39. The van der Waals surface area contributed by atoms with Crippen molar-refractivity contribution in [2.24, 2.45) is 5.92 Å². The second-order valence-electron chi connectivity index (χ2n) is 5.70. The molecule has 0 aromatic heterocycles. The molecule has 2 aliphatic rings. The van der Waals surface area contributed by atoms with Crippen molar-refractivity contribution in [2.45, 2.75) is 25.9 Å². The van der Waals surface area contributed by atoms with Crippen molar-refractivity contribution in [3.63, 3.8) is 0 Å². The summed E-state index contributed by atoms with van der Waals surface area (Å²) < 4.78 is 10.7. The van der Waals surface area contributed by atoms with Crippen molar-refractivity contribution >= 4 is 0 Å². The third-order valence-electron chi connectivity index (χ3n) is 4.11.